The van der Waals surface area contributed by atoms with E-state index in [2.05, 4.69) is 0 Å². The van der Waals surface area contributed by atoms with Crippen molar-refractivity contribution in [3.05, 3.63) is 65.2 Å². The Balaban J connectivity index is 2.12. The van der Waals surface area contributed by atoms with E-state index in [4.69, 9.17) is 4.74 Å². The first-order chi connectivity index (χ1) is 11.7. The van der Waals surface area contributed by atoms with Crippen molar-refractivity contribution in [1.82, 2.24) is 0 Å². The third kappa shape index (κ3) is 5.18. The number of phenolic OH excluding ortho intramolecular Hbond substituents is 1. The Morgan fingerprint density at radius 2 is 1.68 bits per heavy atom. The van der Waals surface area contributed by atoms with Crippen molar-refractivity contribution < 1.29 is 19.4 Å². The van der Waals surface area contributed by atoms with Gasteiger partial charge in [0.15, 0.2) is 5.78 Å². The van der Waals surface area contributed by atoms with Crippen LogP contribution in [0.15, 0.2) is 48.5 Å². The minimum Gasteiger partial charge on any atom is -0.508 e. The number of carbonyl (C=O) groups excluding carboxylic acids is 2. The van der Waals surface area contributed by atoms with Gasteiger partial charge in [0.1, 0.15) is 11.4 Å². The molecule has 0 heterocycles. The fourth-order valence-corrected chi connectivity index (χ4v) is 2.55. The second-order valence-corrected chi connectivity index (χ2v) is 7.17. The zero-order valence-electron chi connectivity index (χ0n) is 15.1. The monoisotopic (exact) mass is 340 g/mol. The fraction of sp³-hybridized carbons (Fsp3) is 0.333. The molecule has 0 fully saturated rings. The zero-order valence-corrected chi connectivity index (χ0v) is 15.1. The highest BCUT2D eigenvalue weighted by atomic mass is 16.6. The van der Waals surface area contributed by atoms with E-state index in [1.165, 1.54) is 6.07 Å². The number of carbonyl (C=O) groups is 2. The van der Waals surface area contributed by atoms with Crippen LogP contribution in [0.25, 0.3) is 0 Å². The van der Waals surface area contributed by atoms with Gasteiger partial charge in [-0.1, -0.05) is 43.3 Å². The molecule has 0 spiro atoms. The molecule has 0 saturated heterocycles. The van der Waals surface area contributed by atoms with Crippen molar-refractivity contribution in [2.45, 2.75) is 45.6 Å². The van der Waals surface area contributed by atoms with Crippen LogP contribution in [0.5, 0.6) is 5.75 Å². The average Bonchev–Trinajstić information content (AvgIpc) is 2.53. The second kappa shape index (κ2) is 7.51. The maximum atomic E-state index is 12.3. The van der Waals surface area contributed by atoms with Crippen LogP contribution in [0.3, 0.4) is 0 Å². The SMILES string of the molecule is CC(CC(=O)c1ccccc1)c1ccc(C(=O)OC(C)(C)C)cc1O. The van der Waals surface area contributed by atoms with Crippen molar-refractivity contribution in [2.75, 3.05) is 0 Å². The molecule has 25 heavy (non-hydrogen) atoms. The van der Waals surface area contributed by atoms with Gasteiger partial charge in [-0.3, -0.25) is 4.79 Å². The largest absolute Gasteiger partial charge is 0.508 e. The number of ether oxygens (including phenoxy) is 1. The van der Waals surface area contributed by atoms with Crippen LogP contribution < -0.4 is 0 Å². The lowest BCUT2D eigenvalue weighted by Gasteiger charge is -2.20. The van der Waals surface area contributed by atoms with E-state index < -0.39 is 11.6 Å². The van der Waals surface area contributed by atoms with E-state index in [-0.39, 0.29) is 29.4 Å². The first-order valence-corrected chi connectivity index (χ1v) is 8.32. The number of aromatic hydroxyl groups is 1. The van der Waals surface area contributed by atoms with Crippen LogP contribution in [0.1, 0.15) is 66.3 Å². The van der Waals surface area contributed by atoms with Crippen LogP contribution in [0.2, 0.25) is 0 Å². The van der Waals surface area contributed by atoms with Gasteiger partial charge in [-0.25, -0.2) is 4.79 Å². The summed E-state index contributed by atoms with van der Waals surface area (Å²) < 4.78 is 5.30. The van der Waals surface area contributed by atoms with Gasteiger partial charge in [0.2, 0.25) is 0 Å². The molecule has 4 nitrogen and oxygen atoms in total. The molecule has 2 rings (SSSR count). The molecule has 0 aliphatic rings. The molecule has 0 bridgehead atoms. The number of esters is 1. The average molecular weight is 340 g/mol. The molecule has 0 amide bonds. The Morgan fingerprint density at radius 3 is 2.24 bits per heavy atom. The van der Waals surface area contributed by atoms with Crippen LogP contribution in [-0.4, -0.2) is 22.5 Å². The maximum absolute atomic E-state index is 12.3. The van der Waals surface area contributed by atoms with E-state index in [9.17, 15) is 14.7 Å². The Morgan fingerprint density at radius 1 is 1.04 bits per heavy atom. The van der Waals surface area contributed by atoms with Gasteiger partial charge < -0.3 is 9.84 Å². The number of Topliss-reactive ketones (excluding diaryl/α,β-unsaturated/α-hetero) is 1. The number of rotatable bonds is 5. The molecule has 1 unspecified atom stereocenters. The highest BCUT2D eigenvalue weighted by Gasteiger charge is 2.21. The lowest BCUT2D eigenvalue weighted by molar-refractivity contribution is 0.00689. The summed E-state index contributed by atoms with van der Waals surface area (Å²) in [6.45, 7) is 7.24. The summed E-state index contributed by atoms with van der Waals surface area (Å²) in [5, 5.41) is 10.3. The van der Waals surface area contributed by atoms with E-state index >= 15 is 0 Å². The highest BCUT2D eigenvalue weighted by Crippen LogP contribution is 2.30. The van der Waals surface area contributed by atoms with Gasteiger partial charge in [-0.15, -0.1) is 0 Å². The summed E-state index contributed by atoms with van der Waals surface area (Å²) in [6, 6.07) is 13.8. The first-order valence-electron chi connectivity index (χ1n) is 8.32. The molecule has 0 saturated carbocycles. The summed E-state index contributed by atoms with van der Waals surface area (Å²) in [4.78, 5) is 24.4. The number of hydrogen-bond donors (Lipinski definition) is 1. The van der Waals surface area contributed by atoms with E-state index in [0.29, 0.717) is 11.1 Å². The molecule has 4 heteroatoms. The number of phenols is 1. The zero-order chi connectivity index (χ0) is 18.6. The number of benzene rings is 2. The molecule has 2 aromatic rings. The van der Waals surface area contributed by atoms with Crippen molar-refractivity contribution in [3.63, 3.8) is 0 Å². The number of ketones is 1. The smallest absolute Gasteiger partial charge is 0.338 e. The molecule has 0 radical (unpaired) electrons. The summed E-state index contributed by atoms with van der Waals surface area (Å²) in [5.74, 6) is -0.636. The topological polar surface area (TPSA) is 63.6 Å². The Labute approximate surface area is 148 Å². The Hall–Kier alpha value is -2.62. The van der Waals surface area contributed by atoms with Crippen molar-refractivity contribution in [3.8, 4) is 5.75 Å². The van der Waals surface area contributed by atoms with Gasteiger partial charge in [0.25, 0.3) is 0 Å². The molecular formula is C21H24O4. The molecule has 0 aliphatic carbocycles. The molecule has 1 N–H and O–H groups in total. The lowest BCUT2D eigenvalue weighted by Crippen LogP contribution is -2.23. The Bertz CT molecular complexity index is 757. The fourth-order valence-electron chi connectivity index (χ4n) is 2.55. The van der Waals surface area contributed by atoms with Crippen molar-refractivity contribution in [1.29, 1.82) is 0 Å². The second-order valence-electron chi connectivity index (χ2n) is 7.17. The van der Waals surface area contributed by atoms with Gasteiger partial charge in [-0.2, -0.15) is 0 Å². The van der Waals surface area contributed by atoms with E-state index in [1.54, 1.807) is 45.0 Å². The summed E-state index contributed by atoms with van der Waals surface area (Å²) in [7, 11) is 0. The normalized spacial score (nSPS) is 12.5. The predicted molar refractivity (Wildman–Crippen MR) is 97.1 cm³/mol. The predicted octanol–water partition coefficient (Wildman–Crippen LogP) is 4.72. The lowest BCUT2D eigenvalue weighted by atomic mass is 9.92. The van der Waals surface area contributed by atoms with Crippen molar-refractivity contribution >= 4 is 11.8 Å². The molecule has 0 aliphatic heterocycles. The molecule has 2 aromatic carbocycles. The van der Waals surface area contributed by atoms with Crippen LogP contribution in [-0.2, 0) is 4.74 Å². The summed E-state index contributed by atoms with van der Waals surface area (Å²) in [5.41, 5.74) is 0.981. The van der Waals surface area contributed by atoms with Crippen LogP contribution in [0.4, 0.5) is 0 Å². The van der Waals surface area contributed by atoms with E-state index in [0.717, 1.165) is 0 Å². The van der Waals surface area contributed by atoms with Gasteiger partial charge in [0, 0.05) is 12.0 Å². The third-order valence-corrected chi connectivity index (χ3v) is 3.78. The first kappa shape index (κ1) is 18.7. The van der Waals surface area contributed by atoms with E-state index in [1.807, 2.05) is 25.1 Å². The molecule has 0 aromatic heterocycles. The number of hydrogen-bond acceptors (Lipinski definition) is 4. The summed E-state index contributed by atoms with van der Waals surface area (Å²) in [6.07, 6.45) is 0.281. The molecule has 132 valence electrons. The minimum absolute atomic E-state index is 0.00304. The molecular weight excluding hydrogens is 316 g/mol. The maximum Gasteiger partial charge on any atom is 0.338 e. The van der Waals surface area contributed by atoms with Gasteiger partial charge >= 0.3 is 5.97 Å². The highest BCUT2D eigenvalue weighted by molar-refractivity contribution is 5.96. The minimum atomic E-state index is -0.596. The third-order valence-electron chi connectivity index (χ3n) is 3.78. The van der Waals surface area contributed by atoms with Crippen LogP contribution in [0, 0.1) is 0 Å². The molecule has 1 atom stereocenters. The standard InChI is InChI=1S/C21H24O4/c1-14(12-18(22)15-8-6-5-7-9-15)17-11-10-16(13-19(17)23)20(24)25-21(2,3)4/h5-11,13-14,23H,12H2,1-4H3. The van der Waals surface area contributed by atoms with Crippen molar-refractivity contribution in [2.24, 2.45) is 0 Å². The Kier molecular flexibility index (Phi) is 5.62. The van der Waals surface area contributed by atoms with Gasteiger partial charge in [0.05, 0.1) is 5.56 Å². The summed E-state index contributed by atoms with van der Waals surface area (Å²) >= 11 is 0. The van der Waals surface area contributed by atoms with Crippen LogP contribution >= 0.6 is 0 Å². The quantitative estimate of drug-likeness (QED) is 0.631. The van der Waals surface area contributed by atoms with Gasteiger partial charge in [-0.05, 0) is 44.4 Å².